The van der Waals surface area contributed by atoms with Crippen molar-refractivity contribution in [3.63, 3.8) is 0 Å². The highest BCUT2D eigenvalue weighted by Crippen LogP contribution is 2.25. The van der Waals surface area contributed by atoms with Gasteiger partial charge in [0.25, 0.3) is 0 Å². The minimum absolute atomic E-state index is 0.284. The molecule has 0 aromatic carbocycles. The largest absolute Gasteiger partial charge is 0.300 e. The van der Waals surface area contributed by atoms with Gasteiger partial charge in [-0.15, -0.1) is 0 Å². The smallest absolute Gasteiger partial charge is 0.221 e. The first kappa shape index (κ1) is 9.72. The summed E-state index contributed by atoms with van der Waals surface area (Å²) in [4.78, 5) is 21.4. The molecule has 0 radical (unpaired) electrons. The Hall–Kier alpha value is -0.370. The first-order chi connectivity index (χ1) is 5.68. The van der Waals surface area contributed by atoms with Gasteiger partial charge in [-0.3, -0.25) is 9.59 Å². The Labute approximate surface area is 77.3 Å². The Bertz CT molecular complexity index is 189. The Morgan fingerprint density at radius 3 is 2.92 bits per heavy atom. The zero-order valence-corrected chi connectivity index (χ0v) is 7.77. The molecule has 1 fully saturated rings. The molecule has 1 unspecified atom stereocenters. The number of carbonyl (C=O) groups excluding carboxylic acids is 2. The topological polar surface area (TPSA) is 34.1 Å². The Kier molecular flexibility index (Phi) is 3.73. The summed E-state index contributed by atoms with van der Waals surface area (Å²) in [7, 11) is 0. The van der Waals surface area contributed by atoms with Crippen LogP contribution in [0, 0.1) is 5.92 Å². The van der Waals surface area contributed by atoms with Gasteiger partial charge in [-0.2, -0.15) is 0 Å². The second kappa shape index (κ2) is 4.61. The van der Waals surface area contributed by atoms with Crippen molar-refractivity contribution >= 4 is 22.6 Å². The van der Waals surface area contributed by atoms with Crippen molar-refractivity contribution in [1.82, 2.24) is 0 Å². The molecule has 3 heteroatoms. The van der Waals surface area contributed by atoms with Gasteiger partial charge in [0.05, 0.1) is 0 Å². The summed E-state index contributed by atoms with van der Waals surface area (Å²) >= 11 is 5.21. The van der Waals surface area contributed by atoms with E-state index in [9.17, 15) is 9.59 Å². The molecule has 0 aromatic rings. The number of Topliss-reactive ketones (excluding diaryl/α,β-unsaturated/α-hetero) is 1. The lowest BCUT2D eigenvalue weighted by Crippen LogP contribution is -2.15. The average Bonchev–Trinajstić information content (AvgIpc) is 2.01. The van der Waals surface area contributed by atoms with Crippen molar-refractivity contribution in [3.05, 3.63) is 0 Å². The summed E-state index contributed by atoms with van der Waals surface area (Å²) in [5.41, 5.74) is 0. The SMILES string of the molecule is O=C(Cl)CCC1CCCC(=O)C1. The average molecular weight is 189 g/mol. The Morgan fingerprint density at radius 2 is 2.33 bits per heavy atom. The highest BCUT2D eigenvalue weighted by atomic mass is 35.5. The van der Waals surface area contributed by atoms with E-state index >= 15 is 0 Å². The maximum Gasteiger partial charge on any atom is 0.221 e. The fourth-order valence-corrected chi connectivity index (χ4v) is 1.79. The Morgan fingerprint density at radius 1 is 1.58 bits per heavy atom. The predicted molar refractivity (Wildman–Crippen MR) is 47.1 cm³/mol. The van der Waals surface area contributed by atoms with Crippen LogP contribution in [0.5, 0.6) is 0 Å². The van der Waals surface area contributed by atoms with E-state index in [1.54, 1.807) is 0 Å². The minimum Gasteiger partial charge on any atom is -0.300 e. The quantitative estimate of drug-likeness (QED) is 0.637. The molecular weight excluding hydrogens is 176 g/mol. The lowest BCUT2D eigenvalue weighted by molar-refractivity contribution is -0.122. The molecule has 0 bridgehead atoms. The first-order valence-electron chi connectivity index (χ1n) is 4.38. The molecule has 1 aliphatic carbocycles. The number of halogens is 1. The molecule has 1 atom stereocenters. The summed E-state index contributed by atoms with van der Waals surface area (Å²) in [6.07, 6.45) is 4.65. The van der Waals surface area contributed by atoms with E-state index in [2.05, 4.69) is 0 Å². The Balaban J connectivity index is 2.23. The summed E-state index contributed by atoms with van der Waals surface area (Å²) in [5, 5.41) is -0.284. The van der Waals surface area contributed by atoms with E-state index in [0.29, 0.717) is 24.5 Å². The molecule has 2 nitrogen and oxygen atoms in total. The lowest BCUT2D eigenvalue weighted by atomic mass is 9.85. The van der Waals surface area contributed by atoms with Gasteiger partial charge in [-0.25, -0.2) is 0 Å². The fourth-order valence-electron chi connectivity index (χ4n) is 1.68. The van der Waals surface area contributed by atoms with Gasteiger partial charge in [0.2, 0.25) is 5.24 Å². The van der Waals surface area contributed by atoms with Crippen molar-refractivity contribution in [2.75, 3.05) is 0 Å². The van der Waals surface area contributed by atoms with Gasteiger partial charge in [-0.1, -0.05) is 0 Å². The van der Waals surface area contributed by atoms with Crippen LogP contribution in [0.25, 0.3) is 0 Å². The molecule has 0 aliphatic heterocycles. The van der Waals surface area contributed by atoms with E-state index in [-0.39, 0.29) is 5.24 Å². The molecule has 0 spiro atoms. The first-order valence-corrected chi connectivity index (χ1v) is 4.76. The number of carbonyl (C=O) groups is 2. The van der Waals surface area contributed by atoms with Crippen LogP contribution < -0.4 is 0 Å². The van der Waals surface area contributed by atoms with Gasteiger partial charge >= 0.3 is 0 Å². The zero-order valence-electron chi connectivity index (χ0n) is 7.01. The highest BCUT2D eigenvalue weighted by Gasteiger charge is 2.19. The summed E-state index contributed by atoms with van der Waals surface area (Å²) in [6, 6.07) is 0. The van der Waals surface area contributed by atoms with Gasteiger partial charge in [0.1, 0.15) is 5.78 Å². The number of hydrogen-bond donors (Lipinski definition) is 0. The molecule has 0 heterocycles. The van der Waals surface area contributed by atoms with Gasteiger partial charge in [0, 0.05) is 19.3 Å². The van der Waals surface area contributed by atoms with Crippen LogP contribution in [-0.2, 0) is 9.59 Å². The molecule has 0 saturated heterocycles. The normalized spacial score (nSPS) is 24.1. The second-order valence-corrected chi connectivity index (χ2v) is 3.82. The van der Waals surface area contributed by atoms with E-state index in [4.69, 9.17) is 11.6 Å². The number of hydrogen-bond acceptors (Lipinski definition) is 2. The third kappa shape index (κ3) is 3.35. The van der Waals surface area contributed by atoms with Crippen molar-refractivity contribution in [2.45, 2.75) is 38.5 Å². The van der Waals surface area contributed by atoms with Gasteiger partial charge in [0.15, 0.2) is 0 Å². The van der Waals surface area contributed by atoms with Crippen molar-refractivity contribution in [3.8, 4) is 0 Å². The summed E-state index contributed by atoms with van der Waals surface area (Å²) in [5.74, 6) is 0.752. The molecule has 1 rings (SSSR count). The van der Waals surface area contributed by atoms with Crippen LogP contribution in [0.4, 0.5) is 0 Å². The van der Waals surface area contributed by atoms with E-state index in [1.807, 2.05) is 0 Å². The molecule has 12 heavy (non-hydrogen) atoms. The van der Waals surface area contributed by atoms with Gasteiger partial charge in [-0.05, 0) is 36.8 Å². The standard InChI is InChI=1S/C9H13ClO2/c10-9(12)5-4-7-2-1-3-8(11)6-7/h7H,1-6H2. The zero-order chi connectivity index (χ0) is 8.97. The van der Waals surface area contributed by atoms with E-state index in [1.165, 1.54) is 0 Å². The molecule has 0 N–H and O–H groups in total. The van der Waals surface area contributed by atoms with Crippen LogP contribution in [0.15, 0.2) is 0 Å². The molecular formula is C9H13ClO2. The maximum absolute atomic E-state index is 11.0. The van der Waals surface area contributed by atoms with Crippen LogP contribution in [0.3, 0.4) is 0 Å². The number of ketones is 1. The summed E-state index contributed by atoms with van der Waals surface area (Å²) in [6.45, 7) is 0. The molecule has 1 aliphatic rings. The van der Waals surface area contributed by atoms with Crippen LogP contribution in [0.1, 0.15) is 38.5 Å². The molecule has 0 aromatic heterocycles. The van der Waals surface area contributed by atoms with E-state index in [0.717, 1.165) is 25.7 Å². The number of rotatable bonds is 3. The molecule has 1 saturated carbocycles. The third-order valence-electron chi connectivity index (χ3n) is 2.33. The monoisotopic (exact) mass is 188 g/mol. The third-order valence-corrected chi connectivity index (χ3v) is 2.52. The molecule has 68 valence electrons. The van der Waals surface area contributed by atoms with Gasteiger partial charge < -0.3 is 0 Å². The van der Waals surface area contributed by atoms with Crippen molar-refractivity contribution in [2.24, 2.45) is 5.92 Å². The highest BCUT2D eigenvalue weighted by molar-refractivity contribution is 6.63. The van der Waals surface area contributed by atoms with E-state index < -0.39 is 0 Å². The van der Waals surface area contributed by atoms with Crippen molar-refractivity contribution < 1.29 is 9.59 Å². The minimum atomic E-state index is -0.284. The molecule has 0 amide bonds. The van der Waals surface area contributed by atoms with Crippen LogP contribution >= 0.6 is 11.6 Å². The lowest BCUT2D eigenvalue weighted by Gasteiger charge is -2.19. The van der Waals surface area contributed by atoms with Crippen molar-refractivity contribution in [1.29, 1.82) is 0 Å². The fraction of sp³-hybridized carbons (Fsp3) is 0.778. The van der Waals surface area contributed by atoms with Crippen LogP contribution in [-0.4, -0.2) is 11.0 Å². The summed E-state index contributed by atoms with van der Waals surface area (Å²) < 4.78 is 0. The predicted octanol–water partition coefficient (Wildman–Crippen LogP) is 2.29. The second-order valence-electron chi connectivity index (χ2n) is 3.39. The van der Waals surface area contributed by atoms with Crippen LogP contribution in [0.2, 0.25) is 0 Å². The maximum atomic E-state index is 11.0.